The number of aromatic nitrogens is 2. The molecule has 1 aliphatic carbocycles. The summed E-state index contributed by atoms with van der Waals surface area (Å²) in [5, 5.41) is 7.51. The van der Waals surface area contributed by atoms with Gasteiger partial charge in [0.25, 0.3) is 5.91 Å². The smallest absolute Gasteiger partial charge is 0.331 e. The molecule has 1 N–H and O–H groups in total. The molecule has 1 saturated carbocycles. The van der Waals surface area contributed by atoms with Crippen LogP contribution < -0.4 is 5.32 Å². The van der Waals surface area contributed by atoms with E-state index in [-0.39, 0.29) is 22.9 Å². The maximum absolute atomic E-state index is 13.1. The second-order valence-corrected chi connectivity index (χ2v) is 7.44. The summed E-state index contributed by atoms with van der Waals surface area (Å²) in [7, 11) is 0. The van der Waals surface area contributed by atoms with Crippen LogP contribution in [-0.4, -0.2) is 33.8 Å². The molecule has 0 radical (unpaired) electrons. The van der Waals surface area contributed by atoms with Crippen LogP contribution in [0, 0.1) is 12.7 Å². The van der Waals surface area contributed by atoms with Gasteiger partial charge >= 0.3 is 5.97 Å². The number of ether oxygens (including phenoxy) is 1. The summed E-state index contributed by atoms with van der Waals surface area (Å²) in [4.78, 5) is 24.2. The first kappa shape index (κ1) is 21.0. The number of hydrogen-bond acceptors (Lipinski definition) is 4. The molecule has 29 heavy (non-hydrogen) atoms. The fraction of sp³-hybridized carbons (Fsp3) is 0.381. The number of carbonyl (C=O) groups is 2. The molecule has 1 atom stereocenters. The van der Waals surface area contributed by atoms with Gasteiger partial charge in [0, 0.05) is 17.7 Å². The predicted octanol–water partition coefficient (Wildman–Crippen LogP) is 3.98. The SMILES string of the molecule is Cc1nn(-c2ccc(F)cc2)c(Cl)c1/C=C/C(=O)OC(C)C(=O)NC1CCCC1. The van der Waals surface area contributed by atoms with Crippen LogP contribution in [0.25, 0.3) is 11.8 Å². The third-order valence-corrected chi connectivity index (χ3v) is 5.23. The van der Waals surface area contributed by atoms with Gasteiger partial charge in [-0.2, -0.15) is 5.10 Å². The Labute approximate surface area is 173 Å². The molecule has 154 valence electrons. The molecule has 1 aromatic heterocycles. The standard InChI is InChI=1S/C21H23ClFN3O3/c1-13-18(20(22)26(25-13)17-9-7-15(23)8-10-17)11-12-19(27)29-14(2)21(28)24-16-5-3-4-6-16/h7-12,14,16H,3-6H2,1-2H3,(H,24,28)/b12-11+. The zero-order valence-corrected chi connectivity index (χ0v) is 17.1. The quantitative estimate of drug-likeness (QED) is 0.567. The van der Waals surface area contributed by atoms with Crippen molar-refractivity contribution in [3.05, 3.63) is 52.6 Å². The molecule has 0 bridgehead atoms. The van der Waals surface area contributed by atoms with Gasteiger partial charge in [0.1, 0.15) is 11.0 Å². The van der Waals surface area contributed by atoms with Crippen molar-refractivity contribution in [1.29, 1.82) is 0 Å². The molecule has 2 aromatic rings. The van der Waals surface area contributed by atoms with Gasteiger partial charge in [-0.15, -0.1) is 0 Å². The van der Waals surface area contributed by atoms with Crippen LogP contribution >= 0.6 is 11.6 Å². The van der Waals surface area contributed by atoms with E-state index in [1.165, 1.54) is 29.0 Å². The number of carbonyl (C=O) groups excluding carboxylic acids is 2. The first-order valence-electron chi connectivity index (χ1n) is 9.55. The summed E-state index contributed by atoms with van der Waals surface area (Å²) in [6, 6.07) is 5.90. The summed E-state index contributed by atoms with van der Waals surface area (Å²) >= 11 is 6.38. The number of rotatable bonds is 6. The predicted molar refractivity (Wildman–Crippen MR) is 108 cm³/mol. The van der Waals surface area contributed by atoms with Crippen molar-refractivity contribution in [2.45, 2.75) is 51.7 Å². The van der Waals surface area contributed by atoms with Gasteiger partial charge in [-0.05, 0) is 57.0 Å². The molecule has 0 spiro atoms. The number of nitrogens with one attached hydrogen (secondary N) is 1. The molecule has 3 rings (SSSR count). The van der Waals surface area contributed by atoms with E-state index in [4.69, 9.17) is 16.3 Å². The maximum atomic E-state index is 13.1. The average Bonchev–Trinajstić information content (AvgIpc) is 3.29. The third-order valence-electron chi connectivity index (χ3n) is 4.87. The zero-order valence-electron chi connectivity index (χ0n) is 16.3. The van der Waals surface area contributed by atoms with Crippen LogP contribution in [0.5, 0.6) is 0 Å². The highest BCUT2D eigenvalue weighted by Crippen LogP contribution is 2.25. The first-order valence-corrected chi connectivity index (χ1v) is 9.93. The van der Waals surface area contributed by atoms with Crippen molar-refractivity contribution in [3.8, 4) is 5.69 Å². The summed E-state index contributed by atoms with van der Waals surface area (Å²) in [6.45, 7) is 3.29. The molecular weight excluding hydrogens is 397 g/mol. The van der Waals surface area contributed by atoms with Crippen LogP contribution in [0.4, 0.5) is 4.39 Å². The van der Waals surface area contributed by atoms with Gasteiger partial charge < -0.3 is 10.1 Å². The van der Waals surface area contributed by atoms with E-state index in [0.717, 1.165) is 25.7 Å². The Bertz CT molecular complexity index is 918. The summed E-state index contributed by atoms with van der Waals surface area (Å²) in [5.41, 5.74) is 1.73. The third kappa shape index (κ3) is 5.23. The Morgan fingerprint density at radius 1 is 1.31 bits per heavy atom. The van der Waals surface area contributed by atoms with E-state index < -0.39 is 12.1 Å². The molecular formula is C21H23ClFN3O3. The van der Waals surface area contributed by atoms with Crippen molar-refractivity contribution in [3.63, 3.8) is 0 Å². The minimum atomic E-state index is -0.883. The summed E-state index contributed by atoms with van der Waals surface area (Å²) in [6.07, 6.45) is 5.95. The Kier molecular flexibility index (Phi) is 6.69. The lowest BCUT2D eigenvalue weighted by atomic mass is 10.2. The van der Waals surface area contributed by atoms with E-state index in [0.29, 0.717) is 16.9 Å². The van der Waals surface area contributed by atoms with Crippen LogP contribution in [0.3, 0.4) is 0 Å². The lowest BCUT2D eigenvalue weighted by molar-refractivity contribution is -0.150. The van der Waals surface area contributed by atoms with Gasteiger partial charge in [0.15, 0.2) is 6.10 Å². The Morgan fingerprint density at radius 2 is 1.97 bits per heavy atom. The highest BCUT2D eigenvalue weighted by atomic mass is 35.5. The van der Waals surface area contributed by atoms with Crippen LogP contribution in [0.1, 0.15) is 43.9 Å². The minimum absolute atomic E-state index is 0.165. The molecule has 1 fully saturated rings. The van der Waals surface area contributed by atoms with Crippen molar-refractivity contribution in [1.82, 2.24) is 15.1 Å². The maximum Gasteiger partial charge on any atom is 0.331 e. The Morgan fingerprint density at radius 3 is 2.62 bits per heavy atom. The van der Waals surface area contributed by atoms with Gasteiger partial charge in [-0.1, -0.05) is 24.4 Å². The molecule has 1 aromatic carbocycles. The fourth-order valence-corrected chi connectivity index (χ4v) is 3.60. The van der Waals surface area contributed by atoms with Crippen molar-refractivity contribution >= 4 is 29.6 Å². The second-order valence-electron chi connectivity index (χ2n) is 7.08. The summed E-state index contributed by atoms with van der Waals surface area (Å²) < 4.78 is 19.8. The summed E-state index contributed by atoms with van der Waals surface area (Å²) in [5.74, 6) is -1.30. The normalized spacial score (nSPS) is 15.6. The molecule has 1 aliphatic rings. The fourth-order valence-electron chi connectivity index (χ4n) is 3.26. The number of amides is 1. The topological polar surface area (TPSA) is 73.2 Å². The number of benzene rings is 1. The first-order chi connectivity index (χ1) is 13.8. The van der Waals surface area contributed by atoms with E-state index in [1.807, 2.05) is 0 Å². The van der Waals surface area contributed by atoms with E-state index in [2.05, 4.69) is 10.4 Å². The van der Waals surface area contributed by atoms with Gasteiger partial charge in [0.05, 0.1) is 11.4 Å². The highest BCUT2D eigenvalue weighted by Gasteiger charge is 2.22. The average molecular weight is 420 g/mol. The Balaban J connectivity index is 1.63. The molecule has 6 nitrogen and oxygen atoms in total. The minimum Gasteiger partial charge on any atom is -0.449 e. The van der Waals surface area contributed by atoms with Crippen molar-refractivity contribution in [2.75, 3.05) is 0 Å². The van der Waals surface area contributed by atoms with Gasteiger partial charge in [-0.3, -0.25) is 4.79 Å². The number of nitrogens with zero attached hydrogens (tertiary/aromatic N) is 2. The number of halogens is 2. The number of esters is 1. The van der Waals surface area contributed by atoms with Crippen molar-refractivity contribution < 1.29 is 18.7 Å². The second kappa shape index (κ2) is 9.22. The Hall–Kier alpha value is -2.67. The van der Waals surface area contributed by atoms with Crippen LogP contribution in [-0.2, 0) is 14.3 Å². The van der Waals surface area contributed by atoms with Gasteiger partial charge in [-0.25, -0.2) is 13.9 Å². The van der Waals surface area contributed by atoms with E-state index in [9.17, 15) is 14.0 Å². The lowest BCUT2D eigenvalue weighted by Crippen LogP contribution is -2.40. The molecule has 1 unspecified atom stereocenters. The monoisotopic (exact) mass is 419 g/mol. The van der Waals surface area contributed by atoms with E-state index >= 15 is 0 Å². The van der Waals surface area contributed by atoms with E-state index in [1.54, 1.807) is 26.0 Å². The molecule has 0 saturated heterocycles. The molecule has 8 heteroatoms. The number of aryl methyl sites for hydroxylation is 1. The van der Waals surface area contributed by atoms with Crippen molar-refractivity contribution in [2.24, 2.45) is 0 Å². The molecule has 1 amide bonds. The lowest BCUT2D eigenvalue weighted by Gasteiger charge is -2.16. The largest absolute Gasteiger partial charge is 0.449 e. The number of hydrogen-bond donors (Lipinski definition) is 1. The van der Waals surface area contributed by atoms with Crippen LogP contribution in [0.2, 0.25) is 5.15 Å². The molecule has 0 aliphatic heterocycles. The zero-order chi connectivity index (χ0) is 21.0. The van der Waals surface area contributed by atoms with Gasteiger partial charge in [0.2, 0.25) is 0 Å². The highest BCUT2D eigenvalue weighted by molar-refractivity contribution is 6.31. The van der Waals surface area contributed by atoms with Crippen LogP contribution in [0.15, 0.2) is 30.3 Å². The molecule has 1 heterocycles.